The zero-order valence-electron chi connectivity index (χ0n) is 15.4. The maximum Gasteiger partial charge on any atom is 0.145 e. The average molecular weight is 367 g/mol. The molecule has 0 fully saturated rings. The third kappa shape index (κ3) is 4.17. The number of hydrogen-bond donors (Lipinski definition) is 2. The molecule has 8 nitrogen and oxygen atoms in total. The fraction of sp³-hybridized carbons (Fsp3) is 0.211. The molecule has 3 aromatic rings. The third-order valence-corrected chi connectivity index (χ3v) is 3.99. The third-order valence-electron chi connectivity index (χ3n) is 3.99. The first-order valence-corrected chi connectivity index (χ1v) is 8.26. The van der Waals surface area contributed by atoms with E-state index in [1.807, 2.05) is 36.4 Å². The number of aromatic amines is 1. The highest BCUT2D eigenvalue weighted by Gasteiger charge is 2.08. The van der Waals surface area contributed by atoms with Crippen LogP contribution in [-0.4, -0.2) is 41.5 Å². The number of anilines is 1. The van der Waals surface area contributed by atoms with E-state index in [2.05, 4.69) is 25.5 Å². The number of hydrogen-bond acceptors (Lipinski definition) is 7. The lowest BCUT2D eigenvalue weighted by Crippen LogP contribution is -2.03. The molecular formula is C19H21N5O3. The van der Waals surface area contributed by atoms with Crippen molar-refractivity contribution in [2.45, 2.75) is 6.54 Å². The Morgan fingerprint density at radius 1 is 0.963 bits per heavy atom. The van der Waals surface area contributed by atoms with Gasteiger partial charge < -0.3 is 19.5 Å². The molecule has 0 aliphatic rings. The van der Waals surface area contributed by atoms with Gasteiger partial charge in [-0.05, 0) is 24.3 Å². The number of nitrogens with one attached hydrogen (secondary N) is 2. The quantitative estimate of drug-likeness (QED) is 0.691. The molecule has 2 aromatic carbocycles. The van der Waals surface area contributed by atoms with Crippen molar-refractivity contribution in [2.24, 2.45) is 0 Å². The minimum absolute atomic E-state index is 0.494. The zero-order chi connectivity index (χ0) is 19.1. The van der Waals surface area contributed by atoms with Crippen molar-refractivity contribution in [2.75, 3.05) is 26.6 Å². The van der Waals surface area contributed by atoms with Crippen molar-refractivity contribution in [1.29, 1.82) is 0 Å². The minimum Gasteiger partial charge on any atom is -0.497 e. The van der Waals surface area contributed by atoms with E-state index in [1.54, 1.807) is 21.3 Å². The van der Waals surface area contributed by atoms with E-state index in [-0.39, 0.29) is 0 Å². The smallest absolute Gasteiger partial charge is 0.145 e. The van der Waals surface area contributed by atoms with Crippen LogP contribution >= 0.6 is 0 Å². The summed E-state index contributed by atoms with van der Waals surface area (Å²) in [7, 11) is 4.86. The predicted molar refractivity (Wildman–Crippen MR) is 103 cm³/mol. The standard InChI is InChI=1S/C19H21N5O3/c1-25-14-8-7-13(17(9-14)27-3)10-20-19-15-5-4-6-16(26-2)18(15)21-11-23-24-12-22-19/h4-9,11-12H,10H2,1-3H3,(H,21,23)(H,20,22,24). The fourth-order valence-electron chi connectivity index (χ4n) is 2.65. The Morgan fingerprint density at radius 2 is 1.81 bits per heavy atom. The molecule has 0 spiro atoms. The summed E-state index contributed by atoms with van der Waals surface area (Å²) in [6.45, 7) is 0.494. The lowest BCUT2D eigenvalue weighted by Gasteiger charge is -2.12. The predicted octanol–water partition coefficient (Wildman–Crippen LogP) is 3.12. The van der Waals surface area contributed by atoms with Gasteiger partial charge in [0.25, 0.3) is 0 Å². The van der Waals surface area contributed by atoms with E-state index in [1.165, 1.54) is 12.7 Å². The molecule has 0 saturated carbocycles. The van der Waals surface area contributed by atoms with Crippen molar-refractivity contribution in [3.63, 3.8) is 0 Å². The van der Waals surface area contributed by atoms with Crippen LogP contribution in [0.4, 0.5) is 5.82 Å². The van der Waals surface area contributed by atoms with Gasteiger partial charge in [-0.25, -0.2) is 9.97 Å². The molecule has 0 amide bonds. The van der Waals surface area contributed by atoms with Gasteiger partial charge in [0, 0.05) is 23.6 Å². The number of benzene rings is 2. The molecule has 3 rings (SSSR count). The van der Waals surface area contributed by atoms with E-state index >= 15 is 0 Å². The number of fused-ring (bicyclic) bond motifs is 1. The zero-order valence-corrected chi connectivity index (χ0v) is 15.4. The largest absolute Gasteiger partial charge is 0.497 e. The first-order valence-electron chi connectivity index (χ1n) is 8.26. The molecule has 0 atom stereocenters. The fourth-order valence-corrected chi connectivity index (χ4v) is 2.65. The molecule has 2 N–H and O–H groups in total. The van der Waals surface area contributed by atoms with Gasteiger partial charge in [-0.1, -0.05) is 6.07 Å². The van der Waals surface area contributed by atoms with Crippen LogP contribution in [-0.2, 0) is 6.54 Å². The lowest BCUT2D eigenvalue weighted by atomic mass is 10.1. The van der Waals surface area contributed by atoms with Crippen molar-refractivity contribution >= 4 is 16.7 Å². The summed E-state index contributed by atoms with van der Waals surface area (Å²) in [5.74, 6) is 2.72. The van der Waals surface area contributed by atoms with Crippen molar-refractivity contribution in [3.8, 4) is 17.2 Å². The molecule has 0 aliphatic heterocycles. The number of H-pyrrole nitrogens is 1. The Hall–Kier alpha value is -3.55. The Kier molecular flexibility index (Phi) is 5.88. The van der Waals surface area contributed by atoms with E-state index in [4.69, 9.17) is 14.2 Å². The summed E-state index contributed by atoms with van der Waals surface area (Å²) in [4.78, 5) is 8.82. The highest BCUT2D eigenvalue weighted by molar-refractivity contribution is 5.92. The first kappa shape index (κ1) is 18.2. The molecular weight excluding hydrogens is 346 g/mol. The van der Waals surface area contributed by atoms with Crippen LogP contribution in [0.3, 0.4) is 0 Å². The summed E-state index contributed by atoms with van der Waals surface area (Å²) in [6, 6.07) is 11.3. The molecule has 1 aromatic heterocycles. The Labute approximate surface area is 156 Å². The summed E-state index contributed by atoms with van der Waals surface area (Å²) in [5.41, 5.74) is 1.62. The maximum absolute atomic E-state index is 5.46. The molecule has 140 valence electrons. The normalized spacial score (nSPS) is 10.2. The number of nitrogens with zero attached hydrogens (tertiary/aromatic N) is 3. The second kappa shape index (κ2) is 8.70. The summed E-state index contributed by atoms with van der Waals surface area (Å²) < 4.78 is 16.1. The Morgan fingerprint density at radius 3 is 2.59 bits per heavy atom. The highest BCUT2D eigenvalue weighted by atomic mass is 16.5. The van der Waals surface area contributed by atoms with Crippen molar-refractivity contribution in [1.82, 2.24) is 20.2 Å². The average Bonchev–Trinajstić information content (AvgIpc) is 2.82. The van der Waals surface area contributed by atoms with E-state index in [9.17, 15) is 0 Å². The maximum atomic E-state index is 5.46. The molecule has 0 saturated heterocycles. The van der Waals surface area contributed by atoms with E-state index in [0.717, 1.165) is 22.4 Å². The van der Waals surface area contributed by atoms with Gasteiger partial charge in [-0.15, -0.1) is 0 Å². The van der Waals surface area contributed by atoms with Crippen LogP contribution < -0.4 is 19.5 Å². The second-order valence-corrected chi connectivity index (χ2v) is 5.50. The summed E-state index contributed by atoms with van der Waals surface area (Å²) >= 11 is 0. The van der Waals surface area contributed by atoms with Gasteiger partial charge in [-0.3, -0.25) is 5.10 Å². The topological polar surface area (TPSA) is 94.2 Å². The lowest BCUT2D eigenvalue weighted by molar-refractivity contribution is 0.391. The molecule has 0 aliphatic carbocycles. The monoisotopic (exact) mass is 367 g/mol. The number of ether oxygens (including phenoxy) is 3. The van der Waals surface area contributed by atoms with Crippen LogP contribution in [0.5, 0.6) is 17.2 Å². The van der Waals surface area contributed by atoms with Crippen LogP contribution in [0, 0.1) is 0 Å². The molecule has 0 bridgehead atoms. The van der Waals surface area contributed by atoms with E-state index < -0.39 is 0 Å². The number of aromatic nitrogens is 4. The molecule has 27 heavy (non-hydrogen) atoms. The van der Waals surface area contributed by atoms with Crippen LogP contribution in [0.1, 0.15) is 5.56 Å². The molecule has 1 heterocycles. The van der Waals surface area contributed by atoms with Crippen molar-refractivity contribution in [3.05, 3.63) is 54.6 Å². The minimum atomic E-state index is 0.494. The number of methoxy groups -OCH3 is 3. The SMILES string of the molecule is COc1ccc(CNc2ncn[nH]cnc3c(OC)cccc23)c(OC)c1. The van der Waals surface area contributed by atoms with Gasteiger partial charge in [0.1, 0.15) is 41.2 Å². The van der Waals surface area contributed by atoms with Gasteiger partial charge in [0.15, 0.2) is 0 Å². The first-order chi connectivity index (χ1) is 13.3. The Balaban J connectivity index is 2.03. The van der Waals surface area contributed by atoms with Gasteiger partial charge >= 0.3 is 0 Å². The van der Waals surface area contributed by atoms with Crippen molar-refractivity contribution < 1.29 is 14.2 Å². The molecule has 8 heteroatoms. The Bertz CT molecular complexity index is 972. The highest BCUT2D eigenvalue weighted by Crippen LogP contribution is 2.28. The number of para-hydroxylation sites is 1. The summed E-state index contributed by atoms with van der Waals surface area (Å²) in [5, 5.41) is 10.8. The second-order valence-electron chi connectivity index (χ2n) is 5.50. The number of rotatable bonds is 6. The van der Waals surface area contributed by atoms with Gasteiger partial charge in [-0.2, -0.15) is 5.10 Å². The van der Waals surface area contributed by atoms with Crippen LogP contribution in [0.25, 0.3) is 10.9 Å². The van der Waals surface area contributed by atoms with Gasteiger partial charge in [0.2, 0.25) is 0 Å². The van der Waals surface area contributed by atoms with Crippen LogP contribution in [0.2, 0.25) is 0 Å². The summed E-state index contributed by atoms with van der Waals surface area (Å²) in [6.07, 6.45) is 2.91. The molecule has 0 unspecified atom stereocenters. The van der Waals surface area contributed by atoms with Gasteiger partial charge in [0.05, 0.1) is 21.3 Å². The van der Waals surface area contributed by atoms with Crippen LogP contribution in [0.15, 0.2) is 49.1 Å². The van der Waals surface area contributed by atoms with E-state index in [0.29, 0.717) is 23.6 Å². The molecule has 0 radical (unpaired) electrons.